The molecule has 1 aromatic heterocycles. The Hall–Kier alpha value is -2.77. The topological polar surface area (TPSA) is 89.0 Å². The van der Waals surface area contributed by atoms with Gasteiger partial charge in [0.15, 0.2) is 11.5 Å². The zero-order valence-corrected chi connectivity index (χ0v) is 19.8. The molecule has 1 N–H and O–H groups in total. The van der Waals surface area contributed by atoms with Gasteiger partial charge in [-0.2, -0.15) is 0 Å². The zero-order chi connectivity index (χ0) is 23.7. The van der Waals surface area contributed by atoms with Gasteiger partial charge in [0, 0.05) is 12.2 Å². The molecule has 2 fully saturated rings. The summed E-state index contributed by atoms with van der Waals surface area (Å²) in [6, 6.07) is 5.73. The van der Waals surface area contributed by atoms with Gasteiger partial charge in [-0.25, -0.2) is 0 Å². The van der Waals surface area contributed by atoms with Gasteiger partial charge in [-0.15, -0.1) is 0 Å². The smallest absolute Gasteiger partial charge is 0.295 e. The highest BCUT2D eigenvalue weighted by Gasteiger charge is 2.49. The van der Waals surface area contributed by atoms with Crippen LogP contribution in [0.15, 0.2) is 36.0 Å². The van der Waals surface area contributed by atoms with Gasteiger partial charge >= 0.3 is 0 Å². The molecule has 1 saturated heterocycles. The van der Waals surface area contributed by atoms with Gasteiger partial charge in [0.05, 0.1) is 36.1 Å². The summed E-state index contributed by atoms with van der Waals surface area (Å²) in [5.41, 5.74) is 0.518. The Morgan fingerprint density at radius 2 is 1.79 bits per heavy atom. The third-order valence-electron chi connectivity index (χ3n) is 6.21. The van der Waals surface area contributed by atoms with Crippen molar-refractivity contribution >= 4 is 40.7 Å². The van der Waals surface area contributed by atoms with Crippen molar-refractivity contribution in [2.45, 2.75) is 44.2 Å². The monoisotopic (exact) mass is 490 g/mol. The number of carbonyl (C=O) groups excluding carboxylic acids is 2. The van der Waals surface area contributed by atoms with Crippen LogP contribution in [0.4, 0.5) is 0 Å². The number of hydrogen-bond acceptors (Lipinski definition) is 6. The summed E-state index contributed by atoms with van der Waals surface area (Å²) in [5.74, 6) is -1.59. The first kappa shape index (κ1) is 23.4. The number of Topliss-reactive ketones (excluding diaryl/α,β-unsaturated/α-hetero) is 1. The van der Waals surface area contributed by atoms with Gasteiger partial charge in [0.1, 0.15) is 16.8 Å². The summed E-state index contributed by atoms with van der Waals surface area (Å²) in [6.07, 6.45) is 6.22. The molecule has 7 nitrogen and oxygen atoms in total. The van der Waals surface area contributed by atoms with Crippen LogP contribution in [0.3, 0.4) is 0 Å². The fraction of sp³-hybridized carbons (Fsp3) is 0.375. The van der Waals surface area contributed by atoms with Crippen LogP contribution in [0.25, 0.3) is 5.76 Å². The minimum absolute atomic E-state index is 0.0462. The Balaban J connectivity index is 1.94. The van der Waals surface area contributed by atoms with Gasteiger partial charge in [0.25, 0.3) is 11.7 Å². The van der Waals surface area contributed by atoms with E-state index in [1.54, 1.807) is 29.3 Å². The molecule has 2 aromatic rings. The van der Waals surface area contributed by atoms with Crippen molar-refractivity contribution in [3.8, 4) is 11.5 Å². The molecular weight excluding hydrogens is 467 g/mol. The maximum atomic E-state index is 13.3. The summed E-state index contributed by atoms with van der Waals surface area (Å²) in [6.45, 7) is 0. The van der Waals surface area contributed by atoms with Crippen LogP contribution < -0.4 is 9.47 Å². The van der Waals surface area contributed by atoms with E-state index in [0.29, 0.717) is 5.69 Å². The number of amides is 1. The molecule has 0 radical (unpaired) electrons. The molecule has 1 atom stereocenters. The molecule has 33 heavy (non-hydrogen) atoms. The zero-order valence-electron chi connectivity index (χ0n) is 18.3. The third-order valence-corrected chi connectivity index (χ3v) is 6.83. The summed E-state index contributed by atoms with van der Waals surface area (Å²) in [7, 11) is 2.78. The Bertz CT molecular complexity index is 1110. The number of aliphatic hydroxyl groups excluding tert-OH is 1. The number of ketones is 1. The number of ether oxygens (including phenoxy) is 2. The molecule has 1 amide bonds. The number of aliphatic hydroxyl groups is 1. The highest BCUT2D eigenvalue weighted by atomic mass is 35.5. The second-order valence-corrected chi connectivity index (χ2v) is 8.82. The van der Waals surface area contributed by atoms with Crippen LogP contribution in [0.5, 0.6) is 11.5 Å². The summed E-state index contributed by atoms with van der Waals surface area (Å²) in [4.78, 5) is 32.5. The Morgan fingerprint density at radius 1 is 1.09 bits per heavy atom. The first-order valence-corrected chi connectivity index (χ1v) is 11.5. The van der Waals surface area contributed by atoms with Crippen LogP contribution in [0.1, 0.15) is 49.4 Å². The molecule has 9 heteroatoms. The molecule has 1 aromatic carbocycles. The van der Waals surface area contributed by atoms with E-state index >= 15 is 0 Å². The molecule has 1 saturated carbocycles. The van der Waals surface area contributed by atoms with E-state index in [1.807, 2.05) is 0 Å². The van der Waals surface area contributed by atoms with Crippen LogP contribution >= 0.6 is 23.2 Å². The normalized spacial score (nSPS) is 20.8. The number of nitrogens with zero attached hydrogens (tertiary/aromatic N) is 2. The first-order chi connectivity index (χ1) is 15.9. The lowest BCUT2D eigenvalue weighted by atomic mass is 9.92. The van der Waals surface area contributed by atoms with Crippen molar-refractivity contribution in [3.05, 3.63) is 57.3 Å². The van der Waals surface area contributed by atoms with E-state index in [1.165, 1.54) is 20.3 Å². The van der Waals surface area contributed by atoms with Crippen molar-refractivity contribution in [2.24, 2.45) is 0 Å². The van der Waals surface area contributed by atoms with Gasteiger partial charge in [-0.3, -0.25) is 14.6 Å². The Kier molecular flexibility index (Phi) is 6.81. The van der Waals surface area contributed by atoms with Gasteiger partial charge in [-0.05, 0) is 31.0 Å². The third kappa shape index (κ3) is 4.04. The molecule has 1 aliphatic heterocycles. The second-order valence-electron chi connectivity index (χ2n) is 8.04. The fourth-order valence-electron chi connectivity index (χ4n) is 4.71. The lowest BCUT2D eigenvalue weighted by Gasteiger charge is -2.35. The number of aromatic nitrogens is 1. The lowest BCUT2D eigenvalue weighted by Crippen LogP contribution is -2.40. The minimum atomic E-state index is -0.835. The Morgan fingerprint density at radius 3 is 2.39 bits per heavy atom. The summed E-state index contributed by atoms with van der Waals surface area (Å²) >= 11 is 12.7. The van der Waals surface area contributed by atoms with Crippen LogP contribution in [0.2, 0.25) is 10.0 Å². The average molecular weight is 491 g/mol. The summed E-state index contributed by atoms with van der Waals surface area (Å²) < 4.78 is 10.6. The van der Waals surface area contributed by atoms with Crippen molar-refractivity contribution in [1.29, 1.82) is 0 Å². The number of methoxy groups -OCH3 is 2. The van der Waals surface area contributed by atoms with E-state index in [-0.39, 0.29) is 38.7 Å². The van der Waals surface area contributed by atoms with Gasteiger partial charge in [0.2, 0.25) is 0 Å². The number of likely N-dealkylation sites (tertiary alicyclic amines) is 1. The van der Waals surface area contributed by atoms with E-state index in [0.717, 1.165) is 32.1 Å². The highest BCUT2D eigenvalue weighted by Crippen LogP contribution is 2.48. The highest BCUT2D eigenvalue weighted by molar-refractivity contribution is 6.47. The minimum Gasteiger partial charge on any atom is -0.507 e. The molecule has 174 valence electrons. The predicted molar refractivity (Wildman–Crippen MR) is 125 cm³/mol. The van der Waals surface area contributed by atoms with Crippen molar-refractivity contribution in [3.63, 3.8) is 0 Å². The van der Waals surface area contributed by atoms with Crippen LogP contribution in [-0.2, 0) is 9.59 Å². The van der Waals surface area contributed by atoms with E-state index in [2.05, 4.69) is 4.98 Å². The quantitative estimate of drug-likeness (QED) is 0.353. The summed E-state index contributed by atoms with van der Waals surface area (Å²) in [5, 5.41) is 11.6. The number of benzene rings is 1. The second kappa shape index (κ2) is 9.61. The number of rotatable bonds is 5. The molecule has 2 heterocycles. The molecule has 2 aliphatic rings. The molecule has 1 unspecified atom stereocenters. The van der Waals surface area contributed by atoms with E-state index in [4.69, 9.17) is 32.7 Å². The van der Waals surface area contributed by atoms with Gasteiger partial charge in [-0.1, -0.05) is 48.5 Å². The Labute approximate surface area is 201 Å². The first-order valence-electron chi connectivity index (χ1n) is 10.7. The van der Waals surface area contributed by atoms with Crippen molar-refractivity contribution < 1.29 is 24.2 Å². The van der Waals surface area contributed by atoms with E-state index in [9.17, 15) is 14.7 Å². The van der Waals surface area contributed by atoms with Crippen molar-refractivity contribution in [1.82, 2.24) is 9.88 Å². The maximum Gasteiger partial charge on any atom is 0.295 e. The SMILES string of the molecule is COc1c(Cl)cc(/C(O)=C2\C(=O)C(=O)N(C3CCCCC3)C2c2ccccn2)c(OC)c1Cl. The number of hydrogen-bond donors (Lipinski definition) is 1. The number of halogens is 2. The number of pyridine rings is 1. The predicted octanol–water partition coefficient (Wildman–Crippen LogP) is 5.16. The average Bonchev–Trinajstić information content (AvgIpc) is 3.10. The van der Waals surface area contributed by atoms with E-state index < -0.39 is 23.5 Å². The molecule has 4 rings (SSSR count). The molecule has 1 aliphatic carbocycles. The van der Waals surface area contributed by atoms with Crippen LogP contribution in [-0.4, -0.2) is 46.9 Å². The van der Waals surface area contributed by atoms with Gasteiger partial charge < -0.3 is 19.5 Å². The molecule has 0 bridgehead atoms. The van der Waals surface area contributed by atoms with Crippen LogP contribution in [0, 0.1) is 0 Å². The van der Waals surface area contributed by atoms with Crippen molar-refractivity contribution in [2.75, 3.05) is 14.2 Å². The molecular formula is C24H24Cl2N2O5. The molecule has 0 spiro atoms. The number of carbonyl (C=O) groups is 2. The standard InChI is InChI=1S/C24H24Cl2N2O5/c1-32-22-14(12-15(25)23(33-2)18(22)26)20(29)17-19(16-10-6-7-11-27-16)28(24(31)21(17)30)13-8-4-3-5-9-13/h6-7,10-13,19,29H,3-5,8-9H2,1-2H3/b20-17+. The lowest BCUT2D eigenvalue weighted by molar-refractivity contribution is -0.141. The fourth-order valence-corrected chi connectivity index (χ4v) is 5.39. The maximum absolute atomic E-state index is 13.3. The largest absolute Gasteiger partial charge is 0.507 e.